The summed E-state index contributed by atoms with van der Waals surface area (Å²) in [6.07, 6.45) is 1.20. The zero-order valence-electron chi connectivity index (χ0n) is 36.4. The Kier molecular flexibility index (Phi) is 14.3. The first kappa shape index (κ1) is 45.2. The number of carbonyl (C=O) groups is 1. The molecule has 1 N–H and O–H groups in total. The first-order chi connectivity index (χ1) is 31.6. The molecule has 0 aliphatic carbocycles. The standard InChI is InChI=1S/C49H48ClFN6O7S/c1-30(2)63-44-36(17-18-39(43(44)50)61-26-25-57-23-21-56(3)22-24-57)41-42-47(53-29-54-48(42)65-45(41)31-13-15-33(51)16-14-31)64-40(49(58)59)27-32-9-5-7-11-37(32)62-28-34-19-20-52-46(55-34)35-10-6-8-12-38(35)60-4/h5-20,29-30,40H,21-28H2,1-4H3,(H,58,59). The Morgan fingerprint density at radius 3 is 2.37 bits per heavy atom. The number of carboxylic acids is 1. The topological polar surface area (TPSA) is 141 Å². The van der Waals surface area contributed by atoms with Gasteiger partial charge in [-0.15, -0.1) is 11.3 Å². The molecule has 4 aromatic carbocycles. The van der Waals surface area contributed by atoms with Gasteiger partial charge in [0.05, 0.1) is 29.9 Å². The molecular formula is C49H48ClFN6O7S. The van der Waals surface area contributed by atoms with Crippen LogP contribution < -0.4 is 23.7 Å². The van der Waals surface area contributed by atoms with E-state index in [9.17, 15) is 14.3 Å². The molecule has 4 heterocycles. The number of halogens is 2. The molecule has 336 valence electrons. The first-order valence-electron chi connectivity index (χ1n) is 21.2. The highest BCUT2D eigenvalue weighted by Crippen LogP contribution is 2.52. The number of hydrogen-bond acceptors (Lipinski definition) is 13. The third-order valence-corrected chi connectivity index (χ3v) is 12.4. The van der Waals surface area contributed by atoms with Crippen LogP contribution in [0.3, 0.4) is 0 Å². The van der Waals surface area contributed by atoms with Crippen LogP contribution in [0.5, 0.6) is 28.9 Å². The van der Waals surface area contributed by atoms with Gasteiger partial charge in [0.1, 0.15) is 58.2 Å². The van der Waals surface area contributed by atoms with Crippen LogP contribution in [0.2, 0.25) is 5.02 Å². The van der Waals surface area contributed by atoms with Crippen molar-refractivity contribution in [1.29, 1.82) is 0 Å². The maximum Gasteiger partial charge on any atom is 0.345 e. The lowest BCUT2D eigenvalue weighted by atomic mass is 9.98. The van der Waals surface area contributed by atoms with Gasteiger partial charge in [0, 0.05) is 61.3 Å². The summed E-state index contributed by atoms with van der Waals surface area (Å²) in [5.74, 6) is 0.811. The van der Waals surface area contributed by atoms with Crippen LogP contribution in [-0.2, 0) is 17.8 Å². The van der Waals surface area contributed by atoms with Crippen molar-refractivity contribution in [2.24, 2.45) is 0 Å². The van der Waals surface area contributed by atoms with E-state index in [2.05, 4.69) is 31.8 Å². The number of aromatic nitrogens is 4. The zero-order valence-corrected chi connectivity index (χ0v) is 37.9. The van der Waals surface area contributed by atoms with Crippen molar-refractivity contribution < 1.29 is 38.0 Å². The average Bonchev–Trinajstić information content (AvgIpc) is 3.70. The number of fused-ring (bicyclic) bond motifs is 1. The second-order valence-electron chi connectivity index (χ2n) is 15.7. The minimum Gasteiger partial charge on any atom is -0.496 e. The smallest absolute Gasteiger partial charge is 0.345 e. The van der Waals surface area contributed by atoms with E-state index >= 15 is 0 Å². The van der Waals surface area contributed by atoms with E-state index < -0.39 is 17.9 Å². The number of para-hydroxylation sites is 2. The summed E-state index contributed by atoms with van der Waals surface area (Å²) in [5, 5.41) is 11.4. The van der Waals surface area contributed by atoms with Gasteiger partial charge in [-0.2, -0.15) is 0 Å². The number of aliphatic carboxylic acids is 1. The number of carboxylic acid groups (broad SMARTS) is 1. The minimum atomic E-state index is -1.41. The first-order valence-corrected chi connectivity index (χ1v) is 22.4. The van der Waals surface area contributed by atoms with E-state index in [4.69, 9.17) is 40.3 Å². The minimum absolute atomic E-state index is 0.0318. The summed E-state index contributed by atoms with van der Waals surface area (Å²) >= 11 is 8.52. The summed E-state index contributed by atoms with van der Waals surface area (Å²) in [6.45, 7) is 8.95. The lowest BCUT2D eigenvalue weighted by Crippen LogP contribution is -2.45. The van der Waals surface area contributed by atoms with Crippen molar-refractivity contribution in [2.75, 3.05) is 53.5 Å². The molecule has 16 heteroatoms. The predicted octanol–water partition coefficient (Wildman–Crippen LogP) is 9.35. The van der Waals surface area contributed by atoms with Crippen molar-refractivity contribution in [1.82, 2.24) is 29.7 Å². The fraction of sp³-hybridized carbons (Fsp3) is 0.286. The van der Waals surface area contributed by atoms with E-state index in [1.54, 1.807) is 55.8 Å². The van der Waals surface area contributed by atoms with Gasteiger partial charge in [0.25, 0.3) is 0 Å². The Morgan fingerprint density at radius 1 is 0.862 bits per heavy atom. The number of methoxy groups -OCH3 is 1. The maximum atomic E-state index is 14.3. The lowest BCUT2D eigenvalue weighted by molar-refractivity contribution is -0.145. The molecule has 0 saturated carbocycles. The summed E-state index contributed by atoms with van der Waals surface area (Å²) in [7, 11) is 3.71. The van der Waals surface area contributed by atoms with Crippen molar-refractivity contribution in [2.45, 2.75) is 39.1 Å². The molecule has 0 bridgehead atoms. The summed E-state index contributed by atoms with van der Waals surface area (Å²) < 4.78 is 45.3. The highest BCUT2D eigenvalue weighted by Gasteiger charge is 2.30. The van der Waals surface area contributed by atoms with Crippen molar-refractivity contribution >= 4 is 39.1 Å². The van der Waals surface area contributed by atoms with Gasteiger partial charge in [-0.25, -0.2) is 29.1 Å². The summed E-state index contributed by atoms with van der Waals surface area (Å²) in [5.41, 5.74) is 3.78. The molecule has 1 unspecified atom stereocenters. The quantitative estimate of drug-likeness (QED) is 0.0875. The molecule has 3 aromatic heterocycles. The fourth-order valence-corrected chi connectivity index (χ4v) is 8.94. The van der Waals surface area contributed by atoms with Crippen LogP contribution in [0.25, 0.3) is 43.2 Å². The molecule has 1 aliphatic rings. The van der Waals surface area contributed by atoms with Crippen LogP contribution in [0.1, 0.15) is 25.1 Å². The van der Waals surface area contributed by atoms with Crippen molar-refractivity contribution in [3.8, 4) is 61.8 Å². The number of hydrogen-bond donors (Lipinski definition) is 1. The second kappa shape index (κ2) is 20.6. The van der Waals surface area contributed by atoms with E-state index in [0.29, 0.717) is 78.5 Å². The Balaban J connectivity index is 1.12. The third kappa shape index (κ3) is 10.6. The van der Waals surface area contributed by atoms with Crippen LogP contribution in [0, 0.1) is 5.82 Å². The highest BCUT2D eigenvalue weighted by atomic mass is 35.5. The Hall–Kier alpha value is -6.39. The van der Waals surface area contributed by atoms with E-state index in [-0.39, 0.29) is 30.0 Å². The number of rotatable bonds is 18. The molecular weight excluding hydrogens is 871 g/mol. The number of benzene rings is 4. The van der Waals surface area contributed by atoms with E-state index in [1.165, 1.54) is 29.8 Å². The van der Waals surface area contributed by atoms with E-state index in [1.807, 2.05) is 50.2 Å². The molecule has 7 aromatic rings. The molecule has 1 fully saturated rings. The molecule has 13 nitrogen and oxygen atoms in total. The monoisotopic (exact) mass is 918 g/mol. The molecule has 8 rings (SSSR count). The molecule has 0 amide bonds. The van der Waals surface area contributed by atoms with Gasteiger partial charge >= 0.3 is 5.97 Å². The van der Waals surface area contributed by atoms with Crippen molar-refractivity contribution in [3.05, 3.63) is 126 Å². The fourth-order valence-electron chi connectivity index (χ4n) is 7.53. The Labute approximate surface area is 385 Å². The Morgan fingerprint density at radius 2 is 1.62 bits per heavy atom. The van der Waals surface area contributed by atoms with Gasteiger partial charge < -0.3 is 33.7 Å². The zero-order chi connectivity index (χ0) is 45.5. The number of likely N-dealkylation sites (N-methyl/N-ethyl adjacent to an activating group) is 1. The largest absolute Gasteiger partial charge is 0.496 e. The van der Waals surface area contributed by atoms with Gasteiger partial charge in [-0.1, -0.05) is 54.1 Å². The van der Waals surface area contributed by atoms with Gasteiger partial charge in [0.15, 0.2) is 5.82 Å². The highest BCUT2D eigenvalue weighted by molar-refractivity contribution is 7.22. The Bertz CT molecular complexity index is 2770. The summed E-state index contributed by atoms with van der Waals surface area (Å²) in [6, 6.07) is 26.2. The van der Waals surface area contributed by atoms with E-state index in [0.717, 1.165) is 38.3 Å². The number of nitrogens with zero attached hydrogens (tertiary/aromatic N) is 6. The molecule has 1 atom stereocenters. The number of ether oxygens (including phenoxy) is 5. The van der Waals surface area contributed by atoms with Crippen LogP contribution in [-0.4, -0.2) is 107 Å². The molecule has 0 spiro atoms. The van der Waals surface area contributed by atoms with Crippen LogP contribution in [0.4, 0.5) is 4.39 Å². The van der Waals surface area contributed by atoms with Gasteiger partial charge in [0.2, 0.25) is 12.0 Å². The SMILES string of the molecule is COc1ccccc1-c1nccc(COc2ccccc2CC(Oc2ncnc3sc(-c4ccc(F)cc4)c(-c4ccc(OCCN5CCN(C)CC5)c(Cl)c4OC(C)C)c23)C(=O)O)n1. The lowest BCUT2D eigenvalue weighted by Gasteiger charge is -2.32. The van der Waals surface area contributed by atoms with Crippen LogP contribution in [0.15, 0.2) is 104 Å². The molecule has 1 saturated heterocycles. The predicted molar refractivity (Wildman–Crippen MR) is 249 cm³/mol. The van der Waals surface area contributed by atoms with Gasteiger partial charge in [-0.05, 0) is 80.6 Å². The third-order valence-electron chi connectivity index (χ3n) is 10.8. The maximum absolute atomic E-state index is 14.3. The van der Waals surface area contributed by atoms with Crippen LogP contribution >= 0.6 is 22.9 Å². The molecule has 0 radical (unpaired) electrons. The summed E-state index contributed by atoms with van der Waals surface area (Å²) in [4.78, 5) is 37.3. The normalized spacial score (nSPS) is 13.8. The van der Waals surface area contributed by atoms with Crippen molar-refractivity contribution in [3.63, 3.8) is 0 Å². The molecule has 65 heavy (non-hydrogen) atoms. The number of piperazine rings is 1. The molecule has 1 aliphatic heterocycles. The average molecular weight is 919 g/mol. The van der Waals surface area contributed by atoms with Gasteiger partial charge in [-0.3, -0.25) is 4.90 Å². The number of thiophene rings is 1. The second-order valence-corrected chi connectivity index (χ2v) is 17.1.